The molecule has 3 aromatic rings. The van der Waals surface area contributed by atoms with Crippen molar-refractivity contribution in [3.05, 3.63) is 52.8 Å². The first-order chi connectivity index (χ1) is 13.5. The Labute approximate surface area is 168 Å². The Kier molecular flexibility index (Phi) is 5.81. The highest BCUT2D eigenvalue weighted by Gasteiger charge is 2.15. The van der Waals surface area contributed by atoms with Crippen molar-refractivity contribution in [1.82, 2.24) is 9.97 Å². The maximum Gasteiger partial charge on any atom is 0.234 e. The number of hydrogen-bond acceptors (Lipinski definition) is 6. The summed E-state index contributed by atoms with van der Waals surface area (Å²) in [5, 5.41) is 13.8. The third-order valence-electron chi connectivity index (χ3n) is 4.64. The van der Waals surface area contributed by atoms with Gasteiger partial charge in [-0.2, -0.15) is 5.26 Å². The summed E-state index contributed by atoms with van der Waals surface area (Å²) in [6, 6.07) is 9.48. The third kappa shape index (κ3) is 3.78. The number of fused-ring (bicyclic) bond motifs is 1. The number of aromatic nitrogens is 2. The minimum Gasteiger partial charge on any atom is -0.494 e. The van der Waals surface area contributed by atoms with Crippen LogP contribution in [0.25, 0.3) is 10.9 Å². The van der Waals surface area contributed by atoms with Crippen molar-refractivity contribution < 1.29 is 9.53 Å². The first-order valence-corrected chi connectivity index (χ1v) is 9.67. The van der Waals surface area contributed by atoms with E-state index in [1.165, 1.54) is 11.8 Å². The van der Waals surface area contributed by atoms with Crippen LogP contribution in [0.3, 0.4) is 0 Å². The number of nitrogens with one attached hydrogen (secondary N) is 1. The molecular weight excluding hydrogens is 372 g/mol. The van der Waals surface area contributed by atoms with Crippen molar-refractivity contribution in [1.29, 1.82) is 5.26 Å². The van der Waals surface area contributed by atoms with Crippen LogP contribution in [0.4, 0.5) is 5.69 Å². The Hall–Kier alpha value is -3.11. The number of methoxy groups -OCH3 is 1. The second-order valence-corrected chi connectivity index (χ2v) is 7.26. The Bertz CT molecular complexity index is 1110. The molecule has 1 N–H and O–H groups in total. The van der Waals surface area contributed by atoms with E-state index in [0.717, 1.165) is 22.2 Å². The number of benzene rings is 1. The molecule has 2 heterocycles. The zero-order valence-corrected chi connectivity index (χ0v) is 17.0. The summed E-state index contributed by atoms with van der Waals surface area (Å²) in [6.07, 6.45) is 1.68. The highest BCUT2D eigenvalue weighted by atomic mass is 32.2. The molecule has 0 aliphatic rings. The van der Waals surface area contributed by atoms with Crippen LogP contribution in [0.5, 0.6) is 5.75 Å². The van der Waals surface area contributed by atoms with Gasteiger partial charge in [-0.05, 0) is 56.2 Å². The van der Waals surface area contributed by atoms with Crippen molar-refractivity contribution in [3.8, 4) is 11.8 Å². The minimum absolute atomic E-state index is 0.150. The van der Waals surface area contributed by atoms with Gasteiger partial charge in [0.25, 0.3) is 0 Å². The van der Waals surface area contributed by atoms with Crippen molar-refractivity contribution in [2.24, 2.45) is 0 Å². The molecule has 0 saturated heterocycles. The fourth-order valence-corrected chi connectivity index (χ4v) is 3.77. The van der Waals surface area contributed by atoms with Crippen LogP contribution >= 0.6 is 11.8 Å². The van der Waals surface area contributed by atoms with Crippen molar-refractivity contribution >= 4 is 34.3 Å². The number of carbonyl (C=O) groups is 1. The molecule has 0 radical (unpaired) electrons. The average molecular weight is 392 g/mol. The van der Waals surface area contributed by atoms with Crippen molar-refractivity contribution in [2.75, 3.05) is 18.2 Å². The van der Waals surface area contributed by atoms with Crippen LogP contribution in [0.1, 0.15) is 22.4 Å². The molecule has 2 aromatic heterocycles. The predicted octanol–water partition coefficient (Wildman–Crippen LogP) is 4.17. The molecule has 7 heteroatoms. The molecule has 1 aromatic carbocycles. The Morgan fingerprint density at radius 3 is 2.75 bits per heavy atom. The van der Waals surface area contributed by atoms with E-state index in [4.69, 9.17) is 4.74 Å². The van der Waals surface area contributed by atoms with Gasteiger partial charge < -0.3 is 10.1 Å². The van der Waals surface area contributed by atoms with Crippen molar-refractivity contribution in [2.45, 2.75) is 25.8 Å². The Balaban J connectivity index is 1.80. The molecule has 1 amide bonds. The van der Waals surface area contributed by atoms with Crippen LogP contribution in [0.15, 0.2) is 35.5 Å². The highest BCUT2D eigenvalue weighted by Crippen LogP contribution is 2.30. The SMILES string of the molecule is COc1ccc(NC(=O)CSc2nc(C)c(C)c(C)c2C#N)c2cccnc12. The molecule has 0 fully saturated rings. The van der Waals surface area contributed by atoms with E-state index in [-0.39, 0.29) is 11.7 Å². The molecule has 0 spiro atoms. The van der Waals surface area contributed by atoms with Crippen LogP contribution < -0.4 is 10.1 Å². The summed E-state index contributed by atoms with van der Waals surface area (Å²) < 4.78 is 5.33. The molecule has 6 nitrogen and oxygen atoms in total. The quantitative estimate of drug-likeness (QED) is 0.656. The van der Waals surface area contributed by atoms with Gasteiger partial charge in [0, 0.05) is 17.3 Å². The van der Waals surface area contributed by atoms with Gasteiger partial charge in [0.05, 0.1) is 24.1 Å². The number of aryl methyl sites for hydroxylation is 1. The van der Waals surface area contributed by atoms with Gasteiger partial charge >= 0.3 is 0 Å². The van der Waals surface area contributed by atoms with E-state index in [2.05, 4.69) is 21.4 Å². The number of anilines is 1. The number of amides is 1. The number of carbonyl (C=O) groups excluding carboxylic acids is 1. The molecule has 0 unspecified atom stereocenters. The summed E-state index contributed by atoms with van der Waals surface area (Å²) in [5.41, 5.74) is 4.66. The monoisotopic (exact) mass is 392 g/mol. The zero-order chi connectivity index (χ0) is 20.3. The van der Waals surface area contributed by atoms with Gasteiger partial charge in [-0.15, -0.1) is 0 Å². The number of thioether (sulfide) groups is 1. The number of hydrogen-bond donors (Lipinski definition) is 1. The van der Waals surface area contributed by atoms with Gasteiger partial charge in [-0.25, -0.2) is 4.98 Å². The highest BCUT2D eigenvalue weighted by molar-refractivity contribution is 8.00. The van der Waals surface area contributed by atoms with Crippen molar-refractivity contribution in [3.63, 3.8) is 0 Å². The van der Waals surface area contributed by atoms with E-state index in [0.29, 0.717) is 27.5 Å². The molecule has 0 aliphatic heterocycles. The summed E-state index contributed by atoms with van der Waals surface area (Å²) >= 11 is 1.26. The largest absolute Gasteiger partial charge is 0.494 e. The summed E-state index contributed by atoms with van der Waals surface area (Å²) in [7, 11) is 1.59. The molecule has 3 rings (SSSR count). The van der Waals surface area contributed by atoms with Gasteiger partial charge in [0.1, 0.15) is 22.4 Å². The van der Waals surface area contributed by atoms with Gasteiger partial charge in [0.2, 0.25) is 5.91 Å². The molecule has 142 valence electrons. The fraction of sp³-hybridized carbons (Fsp3) is 0.238. The fourth-order valence-electron chi connectivity index (χ4n) is 2.89. The normalized spacial score (nSPS) is 10.5. The summed E-state index contributed by atoms with van der Waals surface area (Å²) in [5.74, 6) is 0.621. The number of ether oxygens (including phenoxy) is 1. The first-order valence-electron chi connectivity index (χ1n) is 8.68. The Morgan fingerprint density at radius 2 is 2.04 bits per heavy atom. The molecule has 0 aliphatic carbocycles. The maximum absolute atomic E-state index is 12.5. The standard InChI is InChI=1S/C21H20N4O2S/c1-12-13(2)16(10-22)21(24-14(12)3)28-11-19(26)25-17-7-8-18(27-4)20-15(17)6-5-9-23-20/h5-9H,11H2,1-4H3,(H,25,26). The number of rotatable bonds is 5. The molecule has 0 saturated carbocycles. The summed E-state index contributed by atoms with van der Waals surface area (Å²) in [6.45, 7) is 5.76. The van der Waals surface area contributed by atoms with Crippen LogP contribution in [0.2, 0.25) is 0 Å². The molecule has 0 bridgehead atoms. The maximum atomic E-state index is 12.5. The lowest BCUT2D eigenvalue weighted by Gasteiger charge is -2.12. The second kappa shape index (κ2) is 8.28. The first kappa shape index (κ1) is 19.6. The van der Waals surface area contributed by atoms with Crippen LogP contribution in [0, 0.1) is 32.1 Å². The summed E-state index contributed by atoms with van der Waals surface area (Å²) in [4.78, 5) is 21.4. The number of nitrogens with zero attached hydrogens (tertiary/aromatic N) is 3. The number of nitriles is 1. The lowest BCUT2D eigenvalue weighted by Crippen LogP contribution is -2.15. The van der Waals surface area contributed by atoms with Crippen LogP contribution in [-0.2, 0) is 4.79 Å². The lowest BCUT2D eigenvalue weighted by molar-refractivity contribution is -0.113. The topological polar surface area (TPSA) is 87.9 Å². The van der Waals surface area contributed by atoms with E-state index in [9.17, 15) is 10.1 Å². The van der Waals surface area contributed by atoms with E-state index >= 15 is 0 Å². The third-order valence-corrected chi connectivity index (χ3v) is 5.62. The van der Waals surface area contributed by atoms with E-state index in [1.54, 1.807) is 25.4 Å². The average Bonchev–Trinajstić information content (AvgIpc) is 2.71. The zero-order valence-electron chi connectivity index (χ0n) is 16.2. The van der Waals surface area contributed by atoms with E-state index < -0.39 is 0 Å². The smallest absolute Gasteiger partial charge is 0.234 e. The van der Waals surface area contributed by atoms with Gasteiger partial charge in [-0.1, -0.05) is 11.8 Å². The van der Waals surface area contributed by atoms with Gasteiger partial charge in [-0.3, -0.25) is 9.78 Å². The van der Waals surface area contributed by atoms with E-state index in [1.807, 2.05) is 32.9 Å². The predicted molar refractivity (Wildman–Crippen MR) is 111 cm³/mol. The van der Waals surface area contributed by atoms with Crippen LogP contribution in [-0.4, -0.2) is 28.7 Å². The second-order valence-electron chi connectivity index (χ2n) is 6.29. The minimum atomic E-state index is -0.179. The Morgan fingerprint density at radius 1 is 1.25 bits per heavy atom. The molecule has 28 heavy (non-hydrogen) atoms. The number of pyridine rings is 2. The van der Waals surface area contributed by atoms with Gasteiger partial charge in [0.15, 0.2) is 0 Å². The molecular formula is C21H20N4O2S. The lowest BCUT2D eigenvalue weighted by atomic mass is 10.1. The molecule has 0 atom stereocenters.